The lowest BCUT2D eigenvalue weighted by Crippen LogP contribution is -2.55. The van der Waals surface area contributed by atoms with Crippen LogP contribution in [0.25, 0.3) is 0 Å². The number of aliphatic hydroxyl groups excluding tert-OH is 1. The van der Waals surface area contributed by atoms with Gasteiger partial charge in [0.1, 0.15) is 5.75 Å². The monoisotopic (exact) mass is 502 g/mol. The summed E-state index contributed by atoms with van der Waals surface area (Å²) in [6.07, 6.45) is -2.11. The van der Waals surface area contributed by atoms with Gasteiger partial charge >= 0.3 is 6.09 Å². The van der Waals surface area contributed by atoms with E-state index in [4.69, 9.17) is 9.47 Å². The Balaban J connectivity index is 1.61. The first-order valence-corrected chi connectivity index (χ1v) is 12.0. The SMILES string of the molecule is COc1cc(C)cc(C(O)CNC(=O)[C@@]2(Cc3ccccc3)OC(=O)N([C@H](C)c3ccccc3)C2=O)c1. The maximum atomic E-state index is 13.8. The highest BCUT2D eigenvalue weighted by atomic mass is 16.6. The van der Waals surface area contributed by atoms with Crippen molar-refractivity contribution in [3.63, 3.8) is 0 Å². The minimum Gasteiger partial charge on any atom is -0.497 e. The minimum absolute atomic E-state index is 0.142. The Kier molecular flexibility index (Phi) is 7.59. The average molecular weight is 503 g/mol. The first-order chi connectivity index (χ1) is 17.7. The third kappa shape index (κ3) is 5.34. The summed E-state index contributed by atoms with van der Waals surface area (Å²) in [5.74, 6) is -0.968. The van der Waals surface area contributed by atoms with E-state index in [1.807, 2.05) is 37.3 Å². The Hall–Kier alpha value is -4.17. The first kappa shape index (κ1) is 25.9. The van der Waals surface area contributed by atoms with E-state index in [1.54, 1.807) is 55.5 Å². The van der Waals surface area contributed by atoms with Crippen LogP contribution in [0.4, 0.5) is 4.79 Å². The summed E-state index contributed by atoms with van der Waals surface area (Å²) < 4.78 is 10.9. The standard InChI is InChI=1S/C29H30N2O6/c1-19-14-23(16-24(15-19)36-3)25(32)18-30-26(33)29(17-21-10-6-4-7-11-21)27(34)31(28(35)37-29)20(2)22-12-8-5-9-13-22/h4-16,20,25,32H,17-18H2,1-3H3,(H,30,33)/t20-,25?,29-/m1/s1. The number of carbonyl (C=O) groups is 3. The summed E-state index contributed by atoms with van der Waals surface area (Å²) in [6.45, 7) is 3.38. The molecule has 2 N–H and O–H groups in total. The number of carbonyl (C=O) groups excluding carboxylic acids is 3. The van der Waals surface area contributed by atoms with Gasteiger partial charge in [0.2, 0.25) is 0 Å². The number of aryl methyl sites for hydroxylation is 1. The molecule has 3 amide bonds. The fraction of sp³-hybridized carbons (Fsp3) is 0.276. The fourth-order valence-corrected chi connectivity index (χ4v) is 4.49. The van der Waals surface area contributed by atoms with Crippen molar-refractivity contribution in [1.82, 2.24) is 10.2 Å². The molecule has 0 radical (unpaired) electrons. The summed E-state index contributed by atoms with van der Waals surface area (Å²) >= 11 is 0. The van der Waals surface area contributed by atoms with Crippen molar-refractivity contribution in [2.24, 2.45) is 0 Å². The zero-order valence-electron chi connectivity index (χ0n) is 21.0. The molecule has 1 aliphatic heterocycles. The molecule has 3 atom stereocenters. The topological polar surface area (TPSA) is 105 Å². The summed E-state index contributed by atoms with van der Waals surface area (Å²) in [6, 6.07) is 22.6. The lowest BCUT2D eigenvalue weighted by Gasteiger charge is -2.26. The van der Waals surface area contributed by atoms with Crippen LogP contribution in [0.15, 0.2) is 78.9 Å². The second-order valence-electron chi connectivity index (χ2n) is 9.13. The Morgan fingerprint density at radius 2 is 1.68 bits per heavy atom. The van der Waals surface area contributed by atoms with E-state index < -0.39 is 35.7 Å². The molecule has 3 aromatic carbocycles. The number of nitrogens with one attached hydrogen (secondary N) is 1. The van der Waals surface area contributed by atoms with E-state index in [-0.39, 0.29) is 13.0 Å². The number of methoxy groups -OCH3 is 1. The number of hydrogen-bond acceptors (Lipinski definition) is 6. The fourth-order valence-electron chi connectivity index (χ4n) is 4.49. The molecule has 8 nitrogen and oxygen atoms in total. The van der Waals surface area contributed by atoms with Crippen LogP contribution in [0.5, 0.6) is 5.75 Å². The number of imide groups is 1. The summed E-state index contributed by atoms with van der Waals surface area (Å²) in [5, 5.41) is 13.4. The Labute approximate surface area is 215 Å². The normalized spacial score (nSPS) is 18.8. The molecule has 1 aliphatic rings. The van der Waals surface area contributed by atoms with Crippen LogP contribution < -0.4 is 10.1 Å². The molecule has 1 heterocycles. The highest BCUT2D eigenvalue weighted by Crippen LogP contribution is 2.35. The summed E-state index contributed by atoms with van der Waals surface area (Å²) in [7, 11) is 1.53. The van der Waals surface area contributed by atoms with E-state index in [0.717, 1.165) is 16.0 Å². The molecule has 1 saturated heterocycles. The average Bonchev–Trinajstić information content (AvgIpc) is 3.16. The van der Waals surface area contributed by atoms with E-state index in [9.17, 15) is 19.5 Å². The summed E-state index contributed by atoms with van der Waals surface area (Å²) in [4.78, 5) is 41.4. The number of ether oxygens (including phenoxy) is 2. The molecule has 4 rings (SSSR count). The molecule has 37 heavy (non-hydrogen) atoms. The molecule has 192 valence electrons. The third-order valence-corrected chi connectivity index (χ3v) is 6.50. The predicted molar refractivity (Wildman–Crippen MR) is 137 cm³/mol. The van der Waals surface area contributed by atoms with Gasteiger partial charge in [0.05, 0.1) is 19.3 Å². The van der Waals surface area contributed by atoms with Gasteiger partial charge in [-0.15, -0.1) is 0 Å². The van der Waals surface area contributed by atoms with E-state index >= 15 is 0 Å². The maximum Gasteiger partial charge on any atom is 0.418 e. The smallest absolute Gasteiger partial charge is 0.418 e. The first-order valence-electron chi connectivity index (χ1n) is 12.0. The largest absolute Gasteiger partial charge is 0.497 e. The van der Waals surface area contributed by atoms with E-state index in [2.05, 4.69) is 5.32 Å². The van der Waals surface area contributed by atoms with E-state index in [0.29, 0.717) is 16.9 Å². The predicted octanol–water partition coefficient (Wildman–Crippen LogP) is 3.87. The van der Waals surface area contributed by atoms with Crippen LogP contribution in [0.2, 0.25) is 0 Å². The number of aliphatic hydroxyl groups is 1. The van der Waals surface area contributed by atoms with Crippen LogP contribution in [-0.4, -0.2) is 47.2 Å². The Morgan fingerprint density at radius 3 is 2.32 bits per heavy atom. The van der Waals surface area contributed by atoms with Gasteiger partial charge in [-0.25, -0.2) is 9.69 Å². The van der Waals surface area contributed by atoms with Gasteiger partial charge in [-0.3, -0.25) is 9.59 Å². The number of amides is 3. The van der Waals surface area contributed by atoms with Gasteiger partial charge in [-0.05, 0) is 48.2 Å². The molecule has 3 aromatic rings. The van der Waals surface area contributed by atoms with Crippen LogP contribution in [0.1, 0.15) is 41.3 Å². The van der Waals surface area contributed by atoms with E-state index in [1.165, 1.54) is 7.11 Å². The molecule has 0 saturated carbocycles. The molecule has 1 fully saturated rings. The second kappa shape index (κ2) is 10.8. The van der Waals surface area contributed by atoms with Crippen LogP contribution in [-0.2, 0) is 20.7 Å². The zero-order valence-corrected chi connectivity index (χ0v) is 21.0. The summed E-state index contributed by atoms with van der Waals surface area (Å²) in [5.41, 5.74) is 0.699. The van der Waals surface area contributed by atoms with Gasteiger partial charge in [-0.2, -0.15) is 0 Å². The number of benzene rings is 3. The van der Waals surface area contributed by atoms with Gasteiger partial charge < -0.3 is 19.9 Å². The molecular formula is C29H30N2O6. The van der Waals surface area contributed by atoms with Crippen molar-refractivity contribution >= 4 is 17.9 Å². The van der Waals surface area contributed by atoms with Crippen LogP contribution in [0.3, 0.4) is 0 Å². The molecule has 0 bridgehead atoms. The van der Waals surface area contributed by atoms with Gasteiger partial charge in [-0.1, -0.05) is 66.7 Å². The molecule has 0 spiro atoms. The maximum absolute atomic E-state index is 13.8. The Bertz CT molecular complexity index is 1280. The van der Waals surface area contributed by atoms with Gasteiger partial charge in [0.15, 0.2) is 0 Å². The number of hydrogen-bond donors (Lipinski definition) is 2. The number of cyclic esters (lactones) is 1. The van der Waals surface area contributed by atoms with Crippen molar-refractivity contribution in [2.75, 3.05) is 13.7 Å². The van der Waals surface area contributed by atoms with Crippen molar-refractivity contribution in [2.45, 2.75) is 38.0 Å². The molecular weight excluding hydrogens is 472 g/mol. The van der Waals surface area contributed by atoms with Gasteiger partial charge in [0.25, 0.3) is 17.4 Å². The Morgan fingerprint density at radius 1 is 1.03 bits per heavy atom. The van der Waals surface area contributed by atoms with Crippen molar-refractivity contribution in [3.05, 3.63) is 101 Å². The third-order valence-electron chi connectivity index (χ3n) is 6.50. The minimum atomic E-state index is -2.11. The highest BCUT2D eigenvalue weighted by Gasteiger charge is 2.60. The lowest BCUT2D eigenvalue weighted by atomic mass is 9.91. The number of nitrogens with zero attached hydrogens (tertiary/aromatic N) is 1. The second-order valence-corrected chi connectivity index (χ2v) is 9.13. The van der Waals surface area contributed by atoms with Crippen molar-refractivity contribution < 1.29 is 29.0 Å². The van der Waals surface area contributed by atoms with Crippen LogP contribution in [0, 0.1) is 6.92 Å². The molecule has 1 unspecified atom stereocenters. The van der Waals surface area contributed by atoms with Crippen LogP contribution >= 0.6 is 0 Å². The van der Waals surface area contributed by atoms with Crippen molar-refractivity contribution in [1.29, 1.82) is 0 Å². The van der Waals surface area contributed by atoms with Crippen molar-refractivity contribution in [3.8, 4) is 5.75 Å². The molecule has 0 aromatic heterocycles. The van der Waals surface area contributed by atoms with Gasteiger partial charge in [0, 0.05) is 13.0 Å². The lowest BCUT2D eigenvalue weighted by molar-refractivity contribution is -0.150. The number of rotatable bonds is 9. The zero-order chi connectivity index (χ0) is 26.6. The molecule has 8 heteroatoms. The highest BCUT2D eigenvalue weighted by molar-refractivity contribution is 6.17. The quantitative estimate of drug-likeness (QED) is 0.431. The molecule has 0 aliphatic carbocycles.